The summed E-state index contributed by atoms with van der Waals surface area (Å²) in [5.41, 5.74) is 6.61. The van der Waals surface area contributed by atoms with Crippen LogP contribution in [0.4, 0.5) is 5.82 Å². The van der Waals surface area contributed by atoms with Gasteiger partial charge in [0.2, 0.25) is 5.91 Å². The van der Waals surface area contributed by atoms with Gasteiger partial charge >= 0.3 is 0 Å². The molecule has 1 fully saturated rings. The second kappa shape index (κ2) is 8.14. The van der Waals surface area contributed by atoms with Crippen molar-refractivity contribution in [3.63, 3.8) is 0 Å². The summed E-state index contributed by atoms with van der Waals surface area (Å²) in [7, 11) is 0. The van der Waals surface area contributed by atoms with E-state index < -0.39 is 0 Å². The second-order valence-electron chi connectivity index (χ2n) is 5.44. The molecule has 0 aromatic carbocycles. The minimum absolute atomic E-state index is 0. The molecule has 1 atom stereocenters. The molecule has 2 heterocycles. The number of amides is 1. The minimum atomic E-state index is -0.0789. The summed E-state index contributed by atoms with van der Waals surface area (Å²) in [5.74, 6) is 1.04. The Kier molecular flexibility index (Phi) is 6.84. The van der Waals surface area contributed by atoms with E-state index in [1.54, 1.807) is 0 Å². The van der Waals surface area contributed by atoms with E-state index in [1.807, 2.05) is 30.9 Å². The molecule has 0 saturated carbocycles. The van der Waals surface area contributed by atoms with Crippen LogP contribution in [0.2, 0.25) is 0 Å². The van der Waals surface area contributed by atoms with Crippen LogP contribution < -0.4 is 10.6 Å². The van der Waals surface area contributed by atoms with Crippen LogP contribution in [-0.4, -0.2) is 53.2 Å². The predicted octanol–water partition coefficient (Wildman–Crippen LogP) is 0.983. The average molecular weight is 314 g/mol. The Hall–Kier alpha value is -1.40. The van der Waals surface area contributed by atoms with Gasteiger partial charge in [-0.3, -0.25) is 4.79 Å². The molecule has 1 unspecified atom stereocenters. The van der Waals surface area contributed by atoms with Crippen molar-refractivity contribution in [3.05, 3.63) is 17.8 Å². The highest BCUT2D eigenvalue weighted by molar-refractivity contribution is 5.85. The maximum Gasteiger partial charge on any atom is 0.224 e. The standard InChI is InChI=1S/C14H23N5O.ClH/c1-11(15)10-14(20)19-7-3-6-18(8-9-19)13-5-4-12(2)16-17-13;/h4-5,11H,3,6-10,15H2,1-2H3;1H. The Morgan fingerprint density at radius 2 is 2.05 bits per heavy atom. The van der Waals surface area contributed by atoms with Crippen molar-refractivity contribution in [1.82, 2.24) is 15.1 Å². The van der Waals surface area contributed by atoms with Gasteiger partial charge in [-0.1, -0.05) is 0 Å². The van der Waals surface area contributed by atoms with Gasteiger partial charge in [-0.2, -0.15) is 5.10 Å². The lowest BCUT2D eigenvalue weighted by atomic mass is 10.2. The highest BCUT2D eigenvalue weighted by Gasteiger charge is 2.20. The molecule has 1 aliphatic heterocycles. The predicted molar refractivity (Wildman–Crippen MR) is 85.7 cm³/mol. The zero-order valence-electron chi connectivity index (χ0n) is 12.7. The van der Waals surface area contributed by atoms with Crippen molar-refractivity contribution in [3.8, 4) is 0 Å². The van der Waals surface area contributed by atoms with E-state index in [1.165, 1.54) is 0 Å². The van der Waals surface area contributed by atoms with Gasteiger partial charge in [0.1, 0.15) is 0 Å². The lowest BCUT2D eigenvalue weighted by molar-refractivity contribution is -0.131. The number of nitrogens with zero attached hydrogens (tertiary/aromatic N) is 4. The summed E-state index contributed by atoms with van der Waals surface area (Å²) in [6.07, 6.45) is 1.37. The zero-order chi connectivity index (χ0) is 14.5. The molecule has 0 aliphatic carbocycles. The third-order valence-electron chi connectivity index (χ3n) is 3.45. The van der Waals surface area contributed by atoms with Crippen molar-refractivity contribution in [2.75, 3.05) is 31.1 Å². The minimum Gasteiger partial charge on any atom is -0.353 e. The van der Waals surface area contributed by atoms with Gasteiger partial charge in [0.25, 0.3) is 0 Å². The summed E-state index contributed by atoms with van der Waals surface area (Å²) >= 11 is 0. The summed E-state index contributed by atoms with van der Waals surface area (Å²) in [5, 5.41) is 8.30. The molecule has 118 valence electrons. The Morgan fingerprint density at radius 3 is 2.67 bits per heavy atom. The largest absolute Gasteiger partial charge is 0.353 e. The monoisotopic (exact) mass is 313 g/mol. The third-order valence-corrected chi connectivity index (χ3v) is 3.45. The maximum atomic E-state index is 12.0. The topological polar surface area (TPSA) is 75.3 Å². The Morgan fingerprint density at radius 1 is 1.29 bits per heavy atom. The van der Waals surface area contributed by atoms with E-state index >= 15 is 0 Å². The number of carbonyl (C=O) groups is 1. The molecular formula is C14H24ClN5O. The highest BCUT2D eigenvalue weighted by Crippen LogP contribution is 2.13. The number of halogens is 1. The Balaban J connectivity index is 0.00000220. The van der Waals surface area contributed by atoms with Crippen LogP contribution in [0.1, 0.15) is 25.5 Å². The van der Waals surface area contributed by atoms with Gasteiger partial charge in [-0.15, -0.1) is 17.5 Å². The van der Waals surface area contributed by atoms with Crippen LogP contribution in [0, 0.1) is 6.92 Å². The number of hydrogen-bond acceptors (Lipinski definition) is 5. The smallest absolute Gasteiger partial charge is 0.224 e. The molecule has 2 N–H and O–H groups in total. The van der Waals surface area contributed by atoms with Crippen LogP contribution >= 0.6 is 12.4 Å². The first-order valence-corrected chi connectivity index (χ1v) is 7.15. The fourth-order valence-electron chi connectivity index (χ4n) is 2.36. The maximum absolute atomic E-state index is 12.0. The van der Waals surface area contributed by atoms with Gasteiger partial charge in [-0.05, 0) is 32.4 Å². The molecule has 0 spiro atoms. The molecule has 1 aromatic rings. The molecule has 1 amide bonds. The number of nitrogens with two attached hydrogens (primary N) is 1. The SMILES string of the molecule is Cc1ccc(N2CCCN(C(=O)CC(C)N)CC2)nn1.Cl. The van der Waals surface area contributed by atoms with E-state index in [9.17, 15) is 4.79 Å². The van der Waals surface area contributed by atoms with Crippen molar-refractivity contribution >= 4 is 24.1 Å². The van der Waals surface area contributed by atoms with Crippen LogP contribution in [0.5, 0.6) is 0 Å². The summed E-state index contributed by atoms with van der Waals surface area (Å²) in [6, 6.07) is 3.87. The molecule has 2 rings (SSSR count). The number of anilines is 1. The molecule has 7 heteroatoms. The summed E-state index contributed by atoms with van der Waals surface area (Å²) in [6.45, 7) is 7.00. The zero-order valence-corrected chi connectivity index (χ0v) is 13.5. The summed E-state index contributed by atoms with van der Waals surface area (Å²) < 4.78 is 0. The van der Waals surface area contributed by atoms with Gasteiger partial charge in [-0.25, -0.2) is 0 Å². The van der Waals surface area contributed by atoms with E-state index in [0.717, 1.165) is 44.1 Å². The van der Waals surface area contributed by atoms with Crippen molar-refractivity contribution in [2.45, 2.75) is 32.7 Å². The molecule has 0 bridgehead atoms. The molecule has 1 aromatic heterocycles. The van der Waals surface area contributed by atoms with Crippen LogP contribution in [0.15, 0.2) is 12.1 Å². The van der Waals surface area contributed by atoms with Gasteiger partial charge in [0.15, 0.2) is 5.82 Å². The first kappa shape index (κ1) is 17.7. The average Bonchev–Trinajstić information content (AvgIpc) is 2.64. The van der Waals surface area contributed by atoms with Crippen molar-refractivity contribution in [1.29, 1.82) is 0 Å². The van der Waals surface area contributed by atoms with Crippen LogP contribution in [-0.2, 0) is 4.79 Å². The molecule has 21 heavy (non-hydrogen) atoms. The molecule has 0 radical (unpaired) electrons. The number of rotatable bonds is 3. The molecule has 1 aliphatic rings. The Bertz CT molecular complexity index is 451. The molecule has 1 saturated heterocycles. The highest BCUT2D eigenvalue weighted by atomic mass is 35.5. The third kappa shape index (κ3) is 5.13. The number of hydrogen-bond donors (Lipinski definition) is 1. The number of aromatic nitrogens is 2. The van der Waals surface area contributed by atoms with E-state index in [4.69, 9.17) is 5.73 Å². The van der Waals surface area contributed by atoms with Gasteiger partial charge < -0.3 is 15.5 Å². The fourth-order valence-corrected chi connectivity index (χ4v) is 2.36. The normalized spacial score (nSPS) is 16.9. The van der Waals surface area contributed by atoms with Crippen molar-refractivity contribution in [2.24, 2.45) is 5.73 Å². The first-order valence-electron chi connectivity index (χ1n) is 7.15. The van der Waals surface area contributed by atoms with Gasteiger partial charge in [0, 0.05) is 38.6 Å². The van der Waals surface area contributed by atoms with Crippen LogP contribution in [0.3, 0.4) is 0 Å². The van der Waals surface area contributed by atoms with Crippen LogP contribution in [0.25, 0.3) is 0 Å². The van der Waals surface area contributed by atoms with E-state index in [-0.39, 0.29) is 24.4 Å². The Labute approximate surface area is 132 Å². The van der Waals surface area contributed by atoms with Crippen molar-refractivity contribution < 1.29 is 4.79 Å². The summed E-state index contributed by atoms with van der Waals surface area (Å²) in [4.78, 5) is 16.1. The van der Waals surface area contributed by atoms with E-state index in [0.29, 0.717) is 6.42 Å². The number of aryl methyl sites for hydroxylation is 1. The van der Waals surface area contributed by atoms with Gasteiger partial charge in [0.05, 0.1) is 5.69 Å². The number of carbonyl (C=O) groups excluding carboxylic acids is 1. The quantitative estimate of drug-likeness (QED) is 0.900. The second-order valence-corrected chi connectivity index (χ2v) is 5.44. The first-order chi connectivity index (χ1) is 9.56. The lowest BCUT2D eigenvalue weighted by Crippen LogP contribution is -2.37. The molecule has 6 nitrogen and oxygen atoms in total. The molecular weight excluding hydrogens is 290 g/mol. The van der Waals surface area contributed by atoms with E-state index in [2.05, 4.69) is 15.1 Å². The fraction of sp³-hybridized carbons (Fsp3) is 0.643. The lowest BCUT2D eigenvalue weighted by Gasteiger charge is -2.23.